The maximum atomic E-state index is 11.4. The third-order valence-electron chi connectivity index (χ3n) is 2.95. The van der Waals surface area contributed by atoms with Crippen LogP contribution < -0.4 is 10.6 Å². The molecule has 6 heteroatoms. The van der Waals surface area contributed by atoms with Gasteiger partial charge in [-0.15, -0.1) is 0 Å². The Morgan fingerprint density at radius 1 is 1.29 bits per heavy atom. The van der Waals surface area contributed by atoms with E-state index >= 15 is 0 Å². The van der Waals surface area contributed by atoms with Crippen LogP contribution >= 0.6 is 11.6 Å². The van der Waals surface area contributed by atoms with Crippen LogP contribution in [-0.4, -0.2) is 33.0 Å². The predicted molar refractivity (Wildman–Crippen MR) is 70.2 cm³/mol. The van der Waals surface area contributed by atoms with Gasteiger partial charge in [0.1, 0.15) is 0 Å². The van der Waals surface area contributed by atoms with Gasteiger partial charge in [-0.3, -0.25) is 0 Å². The molecule has 1 aromatic rings. The second-order valence-electron chi connectivity index (χ2n) is 4.12. The molecule has 0 spiro atoms. The summed E-state index contributed by atoms with van der Waals surface area (Å²) in [7, 11) is -2.86. The maximum absolute atomic E-state index is 11.4. The lowest BCUT2D eigenvalue weighted by atomic mass is 10.1. The minimum atomic E-state index is -2.86. The molecule has 1 aliphatic rings. The molecule has 1 saturated heterocycles. The van der Waals surface area contributed by atoms with Gasteiger partial charge >= 0.3 is 0 Å². The molecule has 0 radical (unpaired) electrons. The number of nitrogens with two attached hydrogens (primary N) is 1. The molecule has 2 rings (SSSR count). The molecule has 2 N–H and O–H groups in total. The Bertz CT molecular complexity index is 502. The quantitative estimate of drug-likeness (QED) is 0.875. The van der Waals surface area contributed by atoms with Crippen molar-refractivity contribution in [2.75, 3.05) is 29.5 Å². The van der Waals surface area contributed by atoms with Crippen LogP contribution in [0.4, 0.5) is 5.69 Å². The number of benzene rings is 1. The van der Waals surface area contributed by atoms with Gasteiger partial charge in [0.05, 0.1) is 11.5 Å². The van der Waals surface area contributed by atoms with E-state index in [2.05, 4.69) is 0 Å². The number of hydrogen-bond donors (Lipinski definition) is 1. The molecule has 4 nitrogen and oxygen atoms in total. The normalized spacial score (nSPS) is 19.3. The van der Waals surface area contributed by atoms with Gasteiger partial charge in [-0.1, -0.05) is 17.7 Å². The van der Waals surface area contributed by atoms with E-state index in [1.165, 1.54) is 0 Å². The Balaban J connectivity index is 2.26. The fraction of sp³-hybridized carbons (Fsp3) is 0.455. The van der Waals surface area contributed by atoms with Crippen molar-refractivity contribution in [1.29, 1.82) is 0 Å². The third kappa shape index (κ3) is 2.91. The van der Waals surface area contributed by atoms with Crippen molar-refractivity contribution in [3.05, 3.63) is 28.8 Å². The number of sulfone groups is 1. The second kappa shape index (κ2) is 4.84. The molecule has 0 atom stereocenters. The van der Waals surface area contributed by atoms with Crippen molar-refractivity contribution in [2.24, 2.45) is 5.73 Å². The highest BCUT2D eigenvalue weighted by molar-refractivity contribution is 7.91. The fourth-order valence-corrected chi connectivity index (χ4v) is 3.32. The molecule has 1 fully saturated rings. The highest BCUT2D eigenvalue weighted by atomic mass is 35.5. The summed E-state index contributed by atoms with van der Waals surface area (Å²) in [6, 6.07) is 5.54. The molecule has 0 amide bonds. The Morgan fingerprint density at radius 2 is 1.94 bits per heavy atom. The molecule has 1 aliphatic heterocycles. The van der Waals surface area contributed by atoms with Crippen molar-refractivity contribution in [3.63, 3.8) is 0 Å². The molecular formula is C11H15ClN2O2S. The van der Waals surface area contributed by atoms with E-state index in [1.54, 1.807) is 6.07 Å². The van der Waals surface area contributed by atoms with Gasteiger partial charge in [0.25, 0.3) is 0 Å². The van der Waals surface area contributed by atoms with Crippen LogP contribution in [0, 0.1) is 0 Å². The molecule has 0 unspecified atom stereocenters. The lowest BCUT2D eigenvalue weighted by Crippen LogP contribution is -2.40. The topological polar surface area (TPSA) is 63.4 Å². The number of anilines is 1. The summed E-state index contributed by atoms with van der Waals surface area (Å²) in [6.07, 6.45) is 0. The number of hydrogen-bond acceptors (Lipinski definition) is 4. The Labute approximate surface area is 106 Å². The molecule has 0 aromatic heterocycles. The van der Waals surface area contributed by atoms with Crippen molar-refractivity contribution in [1.82, 2.24) is 0 Å². The summed E-state index contributed by atoms with van der Waals surface area (Å²) in [6.45, 7) is 1.45. The van der Waals surface area contributed by atoms with Gasteiger partial charge in [0.2, 0.25) is 0 Å². The zero-order valence-corrected chi connectivity index (χ0v) is 11.0. The molecule has 0 saturated carbocycles. The highest BCUT2D eigenvalue weighted by Crippen LogP contribution is 2.26. The Hall–Kier alpha value is -0.780. The van der Waals surface area contributed by atoms with E-state index in [1.807, 2.05) is 17.0 Å². The molecular weight excluding hydrogens is 260 g/mol. The van der Waals surface area contributed by atoms with E-state index in [0.29, 0.717) is 24.7 Å². The van der Waals surface area contributed by atoms with Gasteiger partial charge in [-0.25, -0.2) is 8.42 Å². The largest absolute Gasteiger partial charge is 0.369 e. The molecule has 1 heterocycles. The van der Waals surface area contributed by atoms with E-state index in [-0.39, 0.29) is 11.5 Å². The van der Waals surface area contributed by atoms with E-state index in [4.69, 9.17) is 17.3 Å². The average molecular weight is 275 g/mol. The summed E-state index contributed by atoms with van der Waals surface area (Å²) < 4.78 is 22.7. The SMILES string of the molecule is NCc1ccc(Cl)cc1N1CCS(=O)(=O)CC1. The smallest absolute Gasteiger partial charge is 0.153 e. The van der Waals surface area contributed by atoms with Crippen molar-refractivity contribution < 1.29 is 8.42 Å². The third-order valence-corrected chi connectivity index (χ3v) is 4.80. The lowest BCUT2D eigenvalue weighted by molar-refractivity contribution is 0.586. The van der Waals surface area contributed by atoms with E-state index in [9.17, 15) is 8.42 Å². The monoisotopic (exact) mass is 274 g/mol. The summed E-state index contributed by atoms with van der Waals surface area (Å²) in [5, 5.41) is 0.644. The van der Waals surface area contributed by atoms with Crippen LogP contribution in [0.5, 0.6) is 0 Å². The van der Waals surface area contributed by atoms with Gasteiger partial charge in [-0.05, 0) is 17.7 Å². The van der Waals surface area contributed by atoms with Crippen LogP contribution in [0.25, 0.3) is 0 Å². The zero-order valence-electron chi connectivity index (χ0n) is 9.39. The van der Waals surface area contributed by atoms with Crippen molar-refractivity contribution in [2.45, 2.75) is 6.54 Å². The summed E-state index contributed by atoms with van der Waals surface area (Å²) in [5.74, 6) is 0.396. The molecule has 0 aliphatic carbocycles. The van der Waals surface area contributed by atoms with Crippen molar-refractivity contribution >= 4 is 27.1 Å². The molecule has 17 heavy (non-hydrogen) atoms. The van der Waals surface area contributed by atoms with Crippen LogP contribution in [0.15, 0.2) is 18.2 Å². The number of halogens is 1. The Kier molecular flexibility index (Phi) is 3.61. The number of rotatable bonds is 2. The van der Waals surface area contributed by atoms with Gasteiger partial charge in [0, 0.05) is 30.3 Å². The van der Waals surface area contributed by atoms with Gasteiger partial charge in [0.15, 0.2) is 9.84 Å². The van der Waals surface area contributed by atoms with Crippen LogP contribution in [0.3, 0.4) is 0 Å². The van der Waals surface area contributed by atoms with Gasteiger partial charge in [-0.2, -0.15) is 0 Å². The summed E-state index contributed by atoms with van der Waals surface area (Å²) in [5.41, 5.74) is 7.62. The first kappa shape index (κ1) is 12.7. The zero-order chi connectivity index (χ0) is 12.5. The van der Waals surface area contributed by atoms with E-state index in [0.717, 1.165) is 11.3 Å². The van der Waals surface area contributed by atoms with E-state index < -0.39 is 9.84 Å². The van der Waals surface area contributed by atoms with Crippen molar-refractivity contribution in [3.8, 4) is 0 Å². The lowest BCUT2D eigenvalue weighted by Gasteiger charge is -2.30. The summed E-state index contributed by atoms with van der Waals surface area (Å²) >= 11 is 5.96. The minimum Gasteiger partial charge on any atom is -0.369 e. The Morgan fingerprint density at radius 3 is 2.53 bits per heavy atom. The molecule has 0 bridgehead atoms. The predicted octanol–water partition coefficient (Wildman–Crippen LogP) is 1.03. The fourth-order valence-electron chi connectivity index (χ4n) is 1.96. The average Bonchev–Trinajstić information content (AvgIpc) is 2.29. The van der Waals surface area contributed by atoms with Crippen LogP contribution in [0.2, 0.25) is 5.02 Å². The first-order valence-corrected chi connectivity index (χ1v) is 7.65. The first-order chi connectivity index (χ1) is 8.02. The summed E-state index contributed by atoms with van der Waals surface area (Å²) in [4.78, 5) is 2.04. The second-order valence-corrected chi connectivity index (χ2v) is 6.86. The molecule has 94 valence electrons. The number of nitrogens with zero attached hydrogens (tertiary/aromatic N) is 1. The van der Waals surface area contributed by atoms with Gasteiger partial charge < -0.3 is 10.6 Å². The standard InChI is InChI=1S/C11H15ClN2O2S/c12-10-2-1-9(8-13)11(7-10)14-3-5-17(15,16)6-4-14/h1-2,7H,3-6,8,13H2. The maximum Gasteiger partial charge on any atom is 0.153 e. The van der Waals surface area contributed by atoms with Crippen LogP contribution in [0.1, 0.15) is 5.56 Å². The van der Waals surface area contributed by atoms with Crippen LogP contribution in [-0.2, 0) is 16.4 Å². The first-order valence-electron chi connectivity index (χ1n) is 5.46. The minimum absolute atomic E-state index is 0.198. The molecule has 1 aromatic carbocycles. The highest BCUT2D eigenvalue weighted by Gasteiger charge is 2.23.